The molecule has 0 heterocycles. The Hall–Kier alpha value is -1.11. The monoisotopic (exact) mass is 283 g/mol. The fourth-order valence-corrected chi connectivity index (χ4v) is 1.76. The van der Waals surface area contributed by atoms with Gasteiger partial charge in [0.1, 0.15) is 5.60 Å². The highest BCUT2D eigenvalue weighted by molar-refractivity contribution is 7.54. The molecule has 9 heteroatoms. The average molecular weight is 283 g/mol. The fraction of sp³-hybridized carbons (Fsp3) is 0.778. The summed E-state index contributed by atoms with van der Waals surface area (Å²) in [6.07, 6.45) is -1.02. The average Bonchev–Trinajstić information content (AvgIpc) is 2.22. The standard InChI is InChI=1S/C9H18NO7P/c1-9(2,3)17-8(12)10-6(7(11)15-4)18(13,14)16-5/h6H,1-5H3,(H,10,12)(H,13,14). The number of esters is 1. The third kappa shape index (κ3) is 5.48. The van der Waals surface area contributed by atoms with Gasteiger partial charge in [0.2, 0.25) is 5.78 Å². The van der Waals surface area contributed by atoms with Crippen molar-refractivity contribution >= 4 is 19.7 Å². The van der Waals surface area contributed by atoms with Crippen molar-refractivity contribution in [2.75, 3.05) is 14.2 Å². The van der Waals surface area contributed by atoms with Gasteiger partial charge in [-0.2, -0.15) is 0 Å². The van der Waals surface area contributed by atoms with Gasteiger partial charge < -0.3 is 18.9 Å². The molecular formula is C9H18NO7P. The first-order valence-corrected chi connectivity index (χ1v) is 6.63. The molecule has 0 saturated heterocycles. The summed E-state index contributed by atoms with van der Waals surface area (Å²) in [5.41, 5.74) is -0.808. The third-order valence-corrected chi connectivity index (χ3v) is 3.18. The zero-order valence-electron chi connectivity index (χ0n) is 10.9. The minimum Gasteiger partial charge on any atom is -0.467 e. The Morgan fingerprint density at radius 2 is 1.78 bits per heavy atom. The van der Waals surface area contributed by atoms with E-state index in [1.165, 1.54) is 0 Å². The number of carbonyl (C=O) groups is 2. The van der Waals surface area contributed by atoms with Gasteiger partial charge in [-0.25, -0.2) is 9.59 Å². The van der Waals surface area contributed by atoms with Gasteiger partial charge in [-0.05, 0) is 20.8 Å². The van der Waals surface area contributed by atoms with Crippen molar-refractivity contribution in [2.24, 2.45) is 0 Å². The third-order valence-electron chi connectivity index (χ3n) is 1.67. The Balaban J connectivity index is 4.88. The molecule has 0 aliphatic rings. The van der Waals surface area contributed by atoms with E-state index in [9.17, 15) is 19.0 Å². The molecule has 8 nitrogen and oxygen atoms in total. The van der Waals surface area contributed by atoms with Crippen LogP contribution in [0.2, 0.25) is 0 Å². The predicted octanol–water partition coefficient (Wildman–Crippen LogP) is 0.842. The number of amides is 1. The van der Waals surface area contributed by atoms with Crippen LogP contribution in [0.5, 0.6) is 0 Å². The second-order valence-corrected chi connectivity index (χ2v) is 6.33. The molecule has 0 fully saturated rings. The molecular weight excluding hydrogens is 265 g/mol. The quantitative estimate of drug-likeness (QED) is 0.581. The SMILES string of the molecule is COC(=O)C(NC(=O)OC(C)(C)C)P(=O)(O)OC. The zero-order valence-corrected chi connectivity index (χ0v) is 11.8. The minimum atomic E-state index is -4.36. The van der Waals surface area contributed by atoms with Crippen LogP contribution in [0.25, 0.3) is 0 Å². The van der Waals surface area contributed by atoms with Gasteiger partial charge in [0, 0.05) is 7.11 Å². The van der Waals surface area contributed by atoms with Crippen LogP contribution in [-0.2, 0) is 23.4 Å². The normalized spacial score (nSPS) is 16.3. The lowest BCUT2D eigenvalue weighted by Crippen LogP contribution is -2.44. The second-order valence-electron chi connectivity index (χ2n) is 4.32. The highest BCUT2D eigenvalue weighted by Crippen LogP contribution is 2.45. The van der Waals surface area contributed by atoms with Gasteiger partial charge in [-0.1, -0.05) is 0 Å². The number of methoxy groups -OCH3 is 1. The molecule has 2 atom stereocenters. The molecule has 0 bridgehead atoms. The van der Waals surface area contributed by atoms with Gasteiger partial charge in [-0.3, -0.25) is 9.88 Å². The largest absolute Gasteiger partial charge is 0.467 e. The van der Waals surface area contributed by atoms with E-state index in [0.29, 0.717) is 0 Å². The van der Waals surface area contributed by atoms with Crippen molar-refractivity contribution in [1.82, 2.24) is 5.32 Å². The number of ether oxygens (including phenoxy) is 2. The van der Waals surface area contributed by atoms with Crippen molar-refractivity contribution in [3.8, 4) is 0 Å². The molecule has 0 aliphatic heterocycles. The van der Waals surface area contributed by atoms with Crippen LogP contribution in [0, 0.1) is 0 Å². The van der Waals surface area contributed by atoms with E-state index in [2.05, 4.69) is 9.26 Å². The van der Waals surface area contributed by atoms with Gasteiger partial charge in [0.15, 0.2) is 0 Å². The molecule has 0 rings (SSSR count). The smallest absolute Gasteiger partial charge is 0.408 e. The number of hydrogen-bond donors (Lipinski definition) is 2. The maximum absolute atomic E-state index is 11.5. The molecule has 2 N–H and O–H groups in total. The molecule has 0 aliphatic carbocycles. The highest BCUT2D eigenvalue weighted by atomic mass is 31.2. The molecule has 0 aromatic rings. The lowest BCUT2D eigenvalue weighted by atomic mass is 10.2. The maximum atomic E-state index is 11.5. The molecule has 0 radical (unpaired) electrons. The first-order valence-electron chi connectivity index (χ1n) is 4.99. The van der Waals surface area contributed by atoms with Crippen LogP contribution in [0.4, 0.5) is 4.79 Å². The Labute approximate surface area is 105 Å². The van der Waals surface area contributed by atoms with Crippen molar-refractivity contribution in [3.63, 3.8) is 0 Å². The van der Waals surface area contributed by atoms with E-state index in [4.69, 9.17) is 4.74 Å². The topological polar surface area (TPSA) is 111 Å². The van der Waals surface area contributed by atoms with Crippen LogP contribution in [-0.4, -0.2) is 42.6 Å². The van der Waals surface area contributed by atoms with E-state index in [0.717, 1.165) is 14.2 Å². The molecule has 106 valence electrons. The highest BCUT2D eigenvalue weighted by Gasteiger charge is 2.41. The summed E-state index contributed by atoms with van der Waals surface area (Å²) in [5, 5.41) is 1.94. The summed E-state index contributed by atoms with van der Waals surface area (Å²) in [6, 6.07) is 0. The maximum Gasteiger partial charge on any atom is 0.408 e. The molecule has 18 heavy (non-hydrogen) atoms. The summed E-state index contributed by atoms with van der Waals surface area (Å²) in [5.74, 6) is -2.93. The zero-order chi connectivity index (χ0) is 14.6. The second kappa shape index (κ2) is 6.17. The first-order chi connectivity index (χ1) is 8.03. The summed E-state index contributed by atoms with van der Waals surface area (Å²) in [7, 11) is -2.41. The van der Waals surface area contributed by atoms with Crippen molar-refractivity contribution in [3.05, 3.63) is 0 Å². The molecule has 1 amide bonds. The van der Waals surface area contributed by atoms with Gasteiger partial charge in [-0.15, -0.1) is 0 Å². The fourth-order valence-electron chi connectivity index (χ4n) is 0.910. The Kier molecular flexibility index (Phi) is 5.79. The van der Waals surface area contributed by atoms with Gasteiger partial charge >= 0.3 is 19.7 Å². The number of alkyl carbamates (subject to hydrolysis) is 1. The van der Waals surface area contributed by atoms with Crippen LogP contribution < -0.4 is 5.32 Å². The van der Waals surface area contributed by atoms with Crippen LogP contribution >= 0.6 is 7.60 Å². The molecule has 2 unspecified atom stereocenters. The van der Waals surface area contributed by atoms with Crippen LogP contribution in [0.3, 0.4) is 0 Å². The first kappa shape index (κ1) is 16.9. The van der Waals surface area contributed by atoms with Crippen LogP contribution in [0.15, 0.2) is 0 Å². The number of nitrogens with one attached hydrogen (secondary N) is 1. The molecule has 0 aromatic heterocycles. The van der Waals surface area contributed by atoms with Gasteiger partial charge in [0.05, 0.1) is 7.11 Å². The van der Waals surface area contributed by atoms with E-state index in [1.54, 1.807) is 20.8 Å². The van der Waals surface area contributed by atoms with Crippen LogP contribution in [0.1, 0.15) is 20.8 Å². The lowest BCUT2D eigenvalue weighted by Gasteiger charge is -2.23. The Morgan fingerprint density at radius 1 is 1.28 bits per heavy atom. The summed E-state index contributed by atoms with van der Waals surface area (Å²) < 4.78 is 25.0. The van der Waals surface area contributed by atoms with Gasteiger partial charge in [0.25, 0.3) is 0 Å². The minimum absolute atomic E-state index is 0.808. The van der Waals surface area contributed by atoms with E-state index >= 15 is 0 Å². The molecule has 0 spiro atoms. The predicted molar refractivity (Wildman–Crippen MR) is 62.0 cm³/mol. The lowest BCUT2D eigenvalue weighted by molar-refractivity contribution is -0.141. The summed E-state index contributed by atoms with van der Waals surface area (Å²) in [4.78, 5) is 32.1. The van der Waals surface area contributed by atoms with Crippen molar-refractivity contribution in [2.45, 2.75) is 32.2 Å². The summed E-state index contributed by atoms with van der Waals surface area (Å²) in [6.45, 7) is 4.82. The van der Waals surface area contributed by atoms with E-state index in [-0.39, 0.29) is 0 Å². The Morgan fingerprint density at radius 3 is 2.11 bits per heavy atom. The molecule has 0 saturated carbocycles. The van der Waals surface area contributed by atoms with E-state index in [1.807, 2.05) is 5.32 Å². The number of rotatable bonds is 4. The van der Waals surface area contributed by atoms with Crippen molar-refractivity contribution in [1.29, 1.82) is 0 Å². The van der Waals surface area contributed by atoms with E-state index < -0.39 is 31.0 Å². The van der Waals surface area contributed by atoms with Crippen molar-refractivity contribution < 1.29 is 33.0 Å². The number of hydrogen-bond acceptors (Lipinski definition) is 6. The number of carbonyl (C=O) groups excluding carboxylic acids is 2. The Bertz CT molecular complexity index is 362. The summed E-state index contributed by atoms with van der Waals surface area (Å²) >= 11 is 0. The molecule has 0 aromatic carbocycles.